The minimum Gasteiger partial charge on any atom is -0.394 e. The third-order valence-electron chi connectivity index (χ3n) is 2.19. The zero-order chi connectivity index (χ0) is 12.8. The lowest BCUT2D eigenvalue weighted by Gasteiger charge is -2.04. The van der Waals surface area contributed by atoms with Gasteiger partial charge in [-0.3, -0.25) is 9.97 Å². The molecule has 0 saturated carbocycles. The number of rotatable bonds is 5. The van der Waals surface area contributed by atoms with E-state index in [-0.39, 0.29) is 13.2 Å². The van der Waals surface area contributed by atoms with E-state index in [2.05, 4.69) is 19.9 Å². The first-order valence-electron chi connectivity index (χ1n) is 5.58. The quantitative estimate of drug-likeness (QED) is 0.784. The fraction of sp³-hybridized carbons (Fsp3) is 0.333. The Hall–Kier alpha value is -1.92. The maximum absolute atomic E-state index is 8.63. The number of nitrogens with zero attached hydrogens (tertiary/aromatic N) is 4. The Morgan fingerprint density at radius 1 is 1.06 bits per heavy atom. The molecule has 2 aromatic heterocycles. The predicted octanol–water partition coefficient (Wildman–Crippen LogP) is 0.751. The lowest BCUT2D eigenvalue weighted by atomic mass is 10.3. The van der Waals surface area contributed by atoms with Crippen LogP contribution in [0.15, 0.2) is 24.8 Å². The first-order chi connectivity index (χ1) is 8.79. The SMILES string of the molecule is Cc1cncc(-c2cncc(COCCO)n2)n1. The van der Waals surface area contributed by atoms with E-state index in [9.17, 15) is 0 Å². The van der Waals surface area contributed by atoms with Gasteiger partial charge in [0.15, 0.2) is 0 Å². The van der Waals surface area contributed by atoms with Crippen molar-refractivity contribution in [2.24, 2.45) is 0 Å². The molecular weight excluding hydrogens is 232 g/mol. The Balaban J connectivity index is 2.16. The highest BCUT2D eigenvalue weighted by Crippen LogP contribution is 2.12. The largest absolute Gasteiger partial charge is 0.394 e. The molecule has 0 atom stereocenters. The summed E-state index contributed by atoms with van der Waals surface area (Å²) in [6.07, 6.45) is 6.60. The summed E-state index contributed by atoms with van der Waals surface area (Å²) in [7, 11) is 0. The maximum atomic E-state index is 8.63. The van der Waals surface area contributed by atoms with Crippen LogP contribution in [-0.2, 0) is 11.3 Å². The number of aliphatic hydroxyl groups is 1. The first-order valence-corrected chi connectivity index (χ1v) is 5.58. The van der Waals surface area contributed by atoms with Crippen molar-refractivity contribution >= 4 is 0 Å². The second kappa shape index (κ2) is 6.13. The van der Waals surface area contributed by atoms with Crippen LogP contribution in [0.25, 0.3) is 11.4 Å². The van der Waals surface area contributed by atoms with Crippen LogP contribution in [0.2, 0.25) is 0 Å². The van der Waals surface area contributed by atoms with E-state index in [0.29, 0.717) is 23.7 Å². The fourth-order valence-corrected chi connectivity index (χ4v) is 1.43. The van der Waals surface area contributed by atoms with Crippen molar-refractivity contribution in [3.8, 4) is 11.4 Å². The molecule has 0 aliphatic carbocycles. The van der Waals surface area contributed by atoms with Crippen LogP contribution in [-0.4, -0.2) is 38.3 Å². The van der Waals surface area contributed by atoms with E-state index < -0.39 is 0 Å². The second-order valence-corrected chi connectivity index (χ2v) is 3.72. The summed E-state index contributed by atoms with van der Waals surface area (Å²) < 4.78 is 5.19. The molecule has 0 aromatic carbocycles. The first kappa shape index (κ1) is 12.5. The number of hydrogen-bond acceptors (Lipinski definition) is 6. The van der Waals surface area contributed by atoms with Gasteiger partial charge in [0, 0.05) is 6.20 Å². The molecule has 0 radical (unpaired) electrons. The highest BCUT2D eigenvalue weighted by atomic mass is 16.5. The van der Waals surface area contributed by atoms with E-state index in [0.717, 1.165) is 5.69 Å². The lowest BCUT2D eigenvalue weighted by molar-refractivity contribution is 0.0796. The van der Waals surface area contributed by atoms with Gasteiger partial charge in [0.25, 0.3) is 0 Å². The zero-order valence-electron chi connectivity index (χ0n) is 10.1. The molecule has 2 rings (SSSR count). The lowest BCUT2D eigenvalue weighted by Crippen LogP contribution is -2.02. The second-order valence-electron chi connectivity index (χ2n) is 3.72. The molecule has 0 amide bonds. The molecule has 0 bridgehead atoms. The van der Waals surface area contributed by atoms with Crippen LogP contribution < -0.4 is 0 Å². The summed E-state index contributed by atoms with van der Waals surface area (Å²) in [5.74, 6) is 0. The summed E-state index contributed by atoms with van der Waals surface area (Å²) in [5.41, 5.74) is 2.88. The van der Waals surface area contributed by atoms with Crippen molar-refractivity contribution in [3.63, 3.8) is 0 Å². The van der Waals surface area contributed by atoms with E-state index in [1.165, 1.54) is 0 Å². The number of aryl methyl sites for hydroxylation is 1. The van der Waals surface area contributed by atoms with Gasteiger partial charge in [0.1, 0.15) is 11.4 Å². The Morgan fingerprint density at radius 3 is 2.50 bits per heavy atom. The molecule has 6 heteroatoms. The molecule has 1 N–H and O–H groups in total. The molecule has 0 aliphatic heterocycles. The fourth-order valence-electron chi connectivity index (χ4n) is 1.43. The van der Waals surface area contributed by atoms with Crippen molar-refractivity contribution < 1.29 is 9.84 Å². The number of aliphatic hydroxyl groups excluding tert-OH is 1. The van der Waals surface area contributed by atoms with Crippen molar-refractivity contribution in [3.05, 3.63) is 36.2 Å². The van der Waals surface area contributed by atoms with Gasteiger partial charge in [0.2, 0.25) is 0 Å². The molecule has 0 unspecified atom stereocenters. The monoisotopic (exact) mass is 246 g/mol. The molecule has 18 heavy (non-hydrogen) atoms. The molecule has 2 aromatic rings. The minimum absolute atomic E-state index is 0.00350. The highest BCUT2D eigenvalue weighted by Gasteiger charge is 2.04. The summed E-state index contributed by atoms with van der Waals surface area (Å²) in [6, 6.07) is 0. The van der Waals surface area contributed by atoms with Crippen molar-refractivity contribution in [1.82, 2.24) is 19.9 Å². The number of hydrogen-bond donors (Lipinski definition) is 1. The van der Waals surface area contributed by atoms with Crippen molar-refractivity contribution in [1.29, 1.82) is 0 Å². The van der Waals surface area contributed by atoms with Gasteiger partial charge in [-0.05, 0) is 6.92 Å². The summed E-state index contributed by atoms with van der Waals surface area (Å²) >= 11 is 0. The minimum atomic E-state index is -0.00350. The smallest absolute Gasteiger partial charge is 0.109 e. The van der Waals surface area contributed by atoms with Gasteiger partial charge >= 0.3 is 0 Å². The summed E-state index contributed by atoms with van der Waals surface area (Å²) in [5, 5.41) is 8.63. The summed E-state index contributed by atoms with van der Waals surface area (Å²) in [6.45, 7) is 2.48. The third kappa shape index (κ3) is 3.28. The van der Waals surface area contributed by atoms with Gasteiger partial charge in [-0.15, -0.1) is 0 Å². The standard InChI is InChI=1S/C12H14N4O2/c1-9-4-13-6-11(15-9)12-7-14-5-10(16-12)8-18-3-2-17/h4-7,17H,2-3,8H2,1H3. The maximum Gasteiger partial charge on any atom is 0.109 e. The Bertz CT molecular complexity index is 519. The normalized spacial score (nSPS) is 10.6. The van der Waals surface area contributed by atoms with Crippen LogP contribution in [0.5, 0.6) is 0 Å². The molecule has 0 aliphatic rings. The topological polar surface area (TPSA) is 81.0 Å². The van der Waals surface area contributed by atoms with Gasteiger partial charge in [-0.25, -0.2) is 9.97 Å². The van der Waals surface area contributed by atoms with Gasteiger partial charge < -0.3 is 9.84 Å². The number of ether oxygens (including phenoxy) is 1. The predicted molar refractivity (Wildman–Crippen MR) is 64.5 cm³/mol. The molecular formula is C12H14N4O2. The van der Waals surface area contributed by atoms with Crippen LogP contribution in [0, 0.1) is 6.92 Å². The van der Waals surface area contributed by atoms with Crippen LogP contribution in [0.4, 0.5) is 0 Å². The molecule has 0 fully saturated rings. The number of aromatic nitrogens is 4. The van der Waals surface area contributed by atoms with Gasteiger partial charge in [-0.1, -0.05) is 0 Å². The molecule has 0 saturated heterocycles. The van der Waals surface area contributed by atoms with E-state index in [4.69, 9.17) is 9.84 Å². The van der Waals surface area contributed by atoms with Gasteiger partial charge in [0.05, 0.1) is 49.8 Å². The third-order valence-corrected chi connectivity index (χ3v) is 2.19. The van der Waals surface area contributed by atoms with E-state index in [1.807, 2.05) is 6.92 Å². The Kier molecular flexibility index (Phi) is 4.27. The van der Waals surface area contributed by atoms with Crippen LogP contribution >= 0.6 is 0 Å². The van der Waals surface area contributed by atoms with E-state index >= 15 is 0 Å². The highest BCUT2D eigenvalue weighted by molar-refractivity contribution is 5.51. The van der Waals surface area contributed by atoms with Crippen LogP contribution in [0.3, 0.4) is 0 Å². The van der Waals surface area contributed by atoms with E-state index in [1.54, 1.807) is 24.8 Å². The van der Waals surface area contributed by atoms with Crippen molar-refractivity contribution in [2.45, 2.75) is 13.5 Å². The molecule has 0 spiro atoms. The summed E-state index contributed by atoms with van der Waals surface area (Å²) in [4.78, 5) is 16.9. The Labute approximate surface area is 105 Å². The molecule has 94 valence electrons. The average Bonchev–Trinajstić information content (AvgIpc) is 2.39. The van der Waals surface area contributed by atoms with Crippen LogP contribution in [0.1, 0.15) is 11.4 Å². The average molecular weight is 246 g/mol. The molecule has 6 nitrogen and oxygen atoms in total. The molecule has 2 heterocycles. The van der Waals surface area contributed by atoms with Gasteiger partial charge in [-0.2, -0.15) is 0 Å². The Morgan fingerprint density at radius 2 is 1.78 bits per heavy atom. The zero-order valence-corrected chi connectivity index (χ0v) is 10.1. The van der Waals surface area contributed by atoms with Crippen molar-refractivity contribution in [2.75, 3.05) is 13.2 Å².